The van der Waals surface area contributed by atoms with Crippen LogP contribution in [0.15, 0.2) is 35.6 Å². The molecule has 0 fully saturated rings. The van der Waals surface area contributed by atoms with Gasteiger partial charge in [0.1, 0.15) is 5.71 Å². The number of hydrogen-bond acceptors (Lipinski definition) is 2. The minimum Gasteiger partial charge on any atom is -0.360 e. The summed E-state index contributed by atoms with van der Waals surface area (Å²) in [5.74, 6) is 0. The molecule has 0 aliphatic carbocycles. The van der Waals surface area contributed by atoms with Crippen LogP contribution in [0.25, 0.3) is 0 Å². The van der Waals surface area contributed by atoms with Gasteiger partial charge in [-0.1, -0.05) is 0 Å². The van der Waals surface area contributed by atoms with Crippen molar-refractivity contribution in [3.8, 4) is 0 Å². The Morgan fingerprint density at radius 3 is 2.91 bits per heavy atom. The van der Waals surface area contributed by atoms with Gasteiger partial charge in [-0.05, 0) is 18.2 Å². The van der Waals surface area contributed by atoms with Gasteiger partial charge in [-0.3, -0.25) is 10.4 Å². The molecule has 1 aromatic heterocycles. The highest BCUT2D eigenvalue weighted by Crippen LogP contribution is 2.05. The molecule has 0 radical (unpaired) electrons. The summed E-state index contributed by atoms with van der Waals surface area (Å²) >= 11 is 0. The summed E-state index contributed by atoms with van der Waals surface area (Å²) in [5.41, 5.74) is 2.09. The minimum absolute atomic E-state index is 0.465. The molecule has 0 atom stereocenters. The molecule has 3 heteroatoms. The Morgan fingerprint density at radius 2 is 2.36 bits per heavy atom. The van der Waals surface area contributed by atoms with Gasteiger partial charge in [-0.2, -0.15) is 0 Å². The number of rotatable bonds is 1. The molecule has 11 heavy (non-hydrogen) atoms. The summed E-state index contributed by atoms with van der Waals surface area (Å²) in [4.78, 5) is 7.04. The van der Waals surface area contributed by atoms with E-state index < -0.39 is 0 Å². The fraction of sp³-hybridized carbons (Fsp3) is 0. The summed E-state index contributed by atoms with van der Waals surface area (Å²) in [7, 11) is 0. The van der Waals surface area contributed by atoms with Crippen molar-refractivity contribution in [2.75, 3.05) is 0 Å². The van der Waals surface area contributed by atoms with Crippen LogP contribution in [-0.4, -0.2) is 16.4 Å². The molecule has 2 rings (SSSR count). The van der Waals surface area contributed by atoms with Crippen molar-refractivity contribution in [1.29, 1.82) is 5.41 Å². The molecule has 0 bridgehead atoms. The molecule has 0 unspecified atom stereocenters. The van der Waals surface area contributed by atoms with Crippen molar-refractivity contribution in [1.82, 2.24) is 4.98 Å². The van der Waals surface area contributed by atoms with E-state index in [4.69, 9.17) is 5.41 Å². The van der Waals surface area contributed by atoms with Crippen molar-refractivity contribution in [2.24, 2.45) is 4.99 Å². The average Bonchev–Trinajstić information content (AvgIpc) is 2.55. The van der Waals surface area contributed by atoms with Crippen LogP contribution in [0, 0.1) is 5.41 Å². The van der Waals surface area contributed by atoms with Crippen LogP contribution in [-0.2, 0) is 0 Å². The first-order valence-electron chi connectivity index (χ1n) is 3.35. The number of aromatic amines is 1. The Hall–Kier alpha value is -1.64. The first kappa shape index (κ1) is 6.09. The van der Waals surface area contributed by atoms with Crippen molar-refractivity contribution in [3.05, 3.63) is 36.3 Å². The summed E-state index contributed by atoms with van der Waals surface area (Å²) in [6, 6.07) is 3.80. The van der Waals surface area contributed by atoms with Crippen LogP contribution in [0.1, 0.15) is 5.69 Å². The predicted octanol–water partition coefficient (Wildman–Crippen LogP) is 1.35. The van der Waals surface area contributed by atoms with Gasteiger partial charge in [0.25, 0.3) is 0 Å². The Kier molecular flexibility index (Phi) is 1.22. The number of nitrogens with one attached hydrogen (secondary N) is 2. The summed E-state index contributed by atoms with van der Waals surface area (Å²) in [6.45, 7) is 0. The third-order valence-corrected chi connectivity index (χ3v) is 1.55. The zero-order chi connectivity index (χ0) is 7.68. The highest BCUT2D eigenvalue weighted by atomic mass is 14.8. The van der Waals surface area contributed by atoms with Gasteiger partial charge in [0.2, 0.25) is 0 Å². The number of H-pyrrole nitrogens is 1. The fourth-order valence-electron chi connectivity index (χ4n) is 1.03. The van der Waals surface area contributed by atoms with Crippen LogP contribution >= 0.6 is 0 Å². The molecule has 0 spiro atoms. The number of aromatic nitrogens is 1. The maximum Gasteiger partial charge on any atom is 0.111 e. The standard InChI is InChI=1S/C8H7N3/c9-6-3-5-11-8(6)7-2-1-4-10-7/h1-5,9-10H. The molecule has 0 saturated carbocycles. The number of hydrogen-bond donors (Lipinski definition) is 2. The molecule has 0 amide bonds. The Labute approximate surface area is 64.0 Å². The van der Waals surface area contributed by atoms with E-state index in [1.807, 2.05) is 18.3 Å². The quantitative estimate of drug-likeness (QED) is 0.599. The maximum absolute atomic E-state index is 7.44. The van der Waals surface area contributed by atoms with E-state index in [-0.39, 0.29) is 0 Å². The van der Waals surface area contributed by atoms with E-state index in [9.17, 15) is 0 Å². The van der Waals surface area contributed by atoms with Gasteiger partial charge >= 0.3 is 0 Å². The first-order chi connectivity index (χ1) is 5.38. The fourth-order valence-corrected chi connectivity index (χ4v) is 1.03. The van der Waals surface area contributed by atoms with Crippen molar-refractivity contribution in [2.45, 2.75) is 0 Å². The minimum atomic E-state index is 0.465. The van der Waals surface area contributed by atoms with Gasteiger partial charge in [-0.15, -0.1) is 0 Å². The Morgan fingerprint density at radius 1 is 1.45 bits per heavy atom. The lowest BCUT2D eigenvalue weighted by Gasteiger charge is -1.94. The van der Waals surface area contributed by atoms with E-state index in [0.29, 0.717) is 5.71 Å². The van der Waals surface area contributed by atoms with E-state index in [1.54, 1.807) is 12.3 Å². The van der Waals surface area contributed by atoms with E-state index in [2.05, 4.69) is 9.98 Å². The molecule has 3 nitrogen and oxygen atoms in total. The number of aliphatic imine (C=N–C) groups is 1. The lowest BCUT2D eigenvalue weighted by molar-refractivity contribution is 1.37. The van der Waals surface area contributed by atoms with Crippen LogP contribution in [0.5, 0.6) is 0 Å². The molecule has 1 aliphatic heterocycles. The normalized spacial score (nSPS) is 15.6. The van der Waals surface area contributed by atoms with E-state index in [1.165, 1.54) is 0 Å². The smallest absolute Gasteiger partial charge is 0.111 e. The Balaban J connectivity index is 2.40. The van der Waals surface area contributed by atoms with Crippen LogP contribution in [0.2, 0.25) is 0 Å². The van der Waals surface area contributed by atoms with Crippen LogP contribution < -0.4 is 0 Å². The largest absolute Gasteiger partial charge is 0.360 e. The third kappa shape index (κ3) is 0.902. The van der Waals surface area contributed by atoms with Gasteiger partial charge in [0.15, 0.2) is 0 Å². The molecule has 2 N–H and O–H groups in total. The highest BCUT2D eigenvalue weighted by molar-refractivity contribution is 6.51. The summed E-state index contributed by atoms with van der Waals surface area (Å²) in [6.07, 6.45) is 5.14. The van der Waals surface area contributed by atoms with Crippen LogP contribution in [0.3, 0.4) is 0 Å². The van der Waals surface area contributed by atoms with Gasteiger partial charge in [0.05, 0.1) is 11.4 Å². The molecule has 0 aromatic carbocycles. The molecule has 54 valence electrons. The van der Waals surface area contributed by atoms with Crippen molar-refractivity contribution >= 4 is 11.4 Å². The van der Waals surface area contributed by atoms with Gasteiger partial charge < -0.3 is 4.98 Å². The van der Waals surface area contributed by atoms with Gasteiger partial charge in [-0.25, -0.2) is 0 Å². The molecule has 2 heterocycles. The van der Waals surface area contributed by atoms with Crippen molar-refractivity contribution < 1.29 is 0 Å². The zero-order valence-corrected chi connectivity index (χ0v) is 5.83. The maximum atomic E-state index is 7.44. The third-order valence-electron chi connectivity index (χ3n) is 1.55. The SMILES string of the molecule is N=C1C=CN=C1c1ccc[nH]1. The lowest BCUT2D eigenvalue weighted by atomic mass is 10.2. The highest BCUT2D eigenvalue weighted by Gasteiger charge is 2.10. The van der Waals surface area contributed by atoms with Crippen LogP contribution in [0.4, 0.5) is 0 Å². The molecular formula is C8H7N3. The monoisotopic (exact) mass is 145 g/mol. The molecule has 0 saturated heterocycles. The molecule has 1 aliphatic rings. The van der Waals surface area contributed by atoms with Crippen molar-refractivity contribution in [3.63, 3.8) is 0 Å². The zero-order valence-electron chi connectivity index (χ0n) is 5.83. The molecular weight excluding hydrogens is 138 g/mol. The van der Waals surface area contributed by atoms with Gasteiger partial charge in [0, 0.05) is 12.4 Å². The number of nitrogens with zero attached hydrogens (tertiary/aromatic N) is 1. The second-order valence-electron chi connectivity index (χ2n) is 2.29. The summed E-state index contributed by atoms with van der Waals surface area (Å²) < 4.78 is 0. The van der Waals surface area contributed by atoms with E-state index >= 15 is 0 Å². The second-order valence-corrected chi connectivity index (χ2v) is 2.29. The first-order valence-corrected chi connectivity index (χ1v) is 3.35. The second kappa shape index (κ2) is 2.20. The number of allylic oxidation sites excluding steroid dienone is 1. The lowest BCUT2D eigenvalue weighted by Crippen LogP contribution is -2.08. The summed E-state index contributed by atoms with van der Waals surface area (Å²) in [5, 5.41) is 7.44. The topological polar surface area (TPSA) is 52.0 Å². The average molecular weight is 145 g/mol. The van der Waals surface area contributed by atoms with E-state index in [0.717, 1.165) is 11.4 Å². The molecule has 1 aromatic rings. The Bertz CT molecular complexity index is 330. The predicted molar refractivity (Wildman–Crippen MR) is 44.2 cm³/mol.